The second-order valence-electron chi connectivity index (χ2n) is 9.68. The van der Waals surface area contributed by atoms with Crippen molar-refractivity contribution >= 4 is 28.6 Å². The molecule has 5 rings (SSSR count). The number of amides is 1. The maximum absolute atomic E-state index is 13.5. The van der Waals surface area contributed by atoms with Crippen molar-refractivity contribution in [2.45, 2.75) is 24.9 Å². The number of likely N-dealkylation sites (tertiary alicyclic amines) is 1. The van der Waals surface area contributed by atoms with Gasteiger partial charge in [-0.15, -0.1) is 0 Å². The summed E-state index contributed by atoms with van der Waals surface area (Å²) >= 11 is 0. The predicted octanol–water partition coefficient (Wildman–Crippen LogP) is 4.64. The highest BCUT2D eigenvalue weighted by atomic mass is 19.4. The smallest absolute Gasteiger partial charge is 0.324 e. The van der Waals surface area contributed by atoms with Crippen molar-refractivity contribution in [1.29, 1.82) is 0 Å². The van der Waals surface area contributed by atoms with E-state index in [2.05, 4.69) is 49.7 Å². The molecule has 2 N–H and O–H groups in total. The minimum Gasteiger partial charge on any atom is -0.324 e. The summed E-state index contributed by atoms with van der Waals surface area (Å²) in [5, 5.41) is 3.05. The Labute approximate surface area is 227 Å². The second kappa shape index (κ2) is 11.1. The third-order valence-corrected chi connectivity index (χ3v) is 6.99. The molecule has 1 fully saturated rings. The number of benzene rings is 2. The highest BCUT2D eigenvalue weighted by Crippen LogP contribution is 2.31. The van der Waals surface area contributed by atoms with Gasteiger partial charge in [-0.25, -0.2) is 10.5 Å². The molecule has 0 saturated carbocycles. The number of nitrogens with zero attached hydrogens (tertiary/aromatic N) is 4. The number of carbonyl (C=O) groups is 1. The van der Waals surface area contributed by atoms with Gasteiger partial charge in [-0.05, 0) is 74.8 Å². The van der Waals surface area contributed by atoms with E-state index >= 15 is 0 Å². The van der Waals surface area contributed by atoms with Crippen molar-refractivity contribution in [2.24, 2.45) is 0 Å². The van der Waals surface area contributed by atoms with Gasteiger partial charge in [0, 0.05) is 23.8 Å². The normalized spacial score (nSPS) is 14.8. The Kier molecular flexibility index (Phi) is 7.55. The topological polar surface area (TPSA) is 101 Å². The van der Waals surface area contributed by atoms with Crippen LogP contribution in [0.1, 0.15) is 40.2 Å². The monoisotopic (exact) mass is 552 g/mol. The summed E-state index contributed by atoms with van der Waals surface area (Å²) in [5.74, 6) is -0.232. The Morgan fingerprint density at radius 2 is 1.82 bits per heavy atom. The molecule has 9 nitrogen and oxygen atoms in total. The fourth-order valence-electron chi connectivity index (χ4n) is 4.82. The van der Waals surface area contributed by atoms with Crippen LogP contribution in [0.4, 0.5) is 24.8 Å². The lowest BCUT2D eigenvalue weighted by Gasteiger charge is -2.29. The van der Waals surface area contributed by atoms with Crippen molar-refractivity contribution < 1.29 is 22.8 Å². The highest BCUT2D eigenvalue weighted by Gasteiger charge is 2.31. The molecule has 0 bridgehead atoms. The van der Waals surface area contributed by atoms with Crippen molar-refractivity contribution in [3.05, 3.63) is 87.8 Å². The fourth-order valence-corrected chi connectivity index (χ4v) is 4.82. The summed E-state index contributed by atoms with van der Waals surface area (Å²) in [5.41, 5.74) is 2.17. The number of hydrogen-bond donors (Lipinski definition) is 2. The molecule has 208 valence electrons. The van der Waals surface area contributed by atoms with E-state index in [0.717, 1.165) is 44.3 Å². The van der Waals surface area contributed by atoms with Gasteiger partial charge in [0.05, 0.1) is 18.1 Å². The van der Waals surface area contributed by atoms with Crippen LogP contribution in [0.5, 0.6) is 0 Å². The first-order valence-electron chi connectivity index (χ1n) is 12.6. The van der Waals surface area contributed by atoms with Crippen LogP contribution in [-0.2, 0) is 11.0 Å². The first-order chi connectivity index (χ1) is 19.1. The molecule has 0 radical (unpaired) electrons. The highest BCUT2D eigenvalue weighted by molar-refractivity contribution is 5.96. The van der Waals surface area contributed by atoms with Gasteiger partial charge in [-0.2, -0.15) is 18.2 Å². The van der Waals surface area contributed by atoms with Crippen LogP contribution in [0.2, 0.25) is 0 Å². The van der Waals surface area contributed by atoms with Gasteiger partial charge in [0.1, 0.15) is 5.56 Å². The number of alkyl halides is 3. The lowest BCUT2D eigenvalue weighted by Crippen LogP contribution is -2.29. The van der Waals surface area contributed by atoms with E-state index in [4.69, 9.17) is 0 Å². The number of hydrogen-bond acceptors (Lipinski definition) is 7. The third kappa shape index (κ3) is 5.68. The van der Waals surface area contributed by atoms with Crippen LogP contribution in [0.3, 0.4) is 0 Å². The third-order valence-electron chi connectivity index (χ3n) is 6.99. The number of fused-ring (bicyclic) bond motifs is 1. The number of piperidine rings is 1. The summed E-state index contributed by atoms with van der Waals surface area (Å²) in [6, 6.07) is 12.5. The number of hydroxylamine groups is 1. The molecule has 0 atom stereocenters. The van der Waals surface area contributed by atoms with Gasteiger partial charge >= 0.3 is 6.18 Å². The molecule has 1 aliphatic heterocycles. The number of anilines is 2. The molecule has 1 saturated heterocycles. The zero-order valence-corrected chi connectivity index (χ0v) is 21.8. The van der Waals surface area contributed by atoms with Crippen LogP contribution in [-0.4, -0.2) is 52.6 Å². The van der Waals surface area contributed by atoms with Crippen LogP contribution in [0.15, 0.2) is 65.7 Å². The quantitative estimate of drug-likeness (QED) is 0.336. The SMILES string of the molecule is CONC(=O)c1cn(-c2cccc(C(F)(F)F)c2)c2nc(Nc3ccc(C4CCN(C)CC4)cc3)ncc2c1=O. The molecule has 2 aromatic carbocycles. The van der Waals surface area contributed by atoms with E-state index in [9.17, 15) is 22.8 Å². The largest absolute Gasteiger partial charge is 0.416 e. The molecular weight excluding hydrogens is 525 g/mol. The Morgan fingerprint density at radius 3 is 2.50 bits per heavy atom. The molecular formula is C28H27F3N6O3. The van der Waals surface area contributed by atoms with Gasteiger partial charge < -0.3 is 14.8 Å². The molecule has 3 heterocycles. The molecule has 1 aliphatic rings. The van der Waals surface area contributed by atoms with E-state index in [1.54, 1.807) is 0 Å². The van der Waals surface area contributed by atoms with Gasteiger partial charge in [-0.3, -0.25) is 14.4 Å². The molecule has 0 aliphatic carbocycles. The maximum Gasteiger partial charge on any atom is 0.416 e. The number of halogens is 3. The summed E-state index contributed by atoms with van der Waals surface area (Å²) in [6.45, 7) is 2.11. The van der Waals surface area contributed by atoms with E-state index in [1.165, 1.54) is 35.6 Å². The minimum atomic E-state index is -4.59. The fraction of sp³-hybridized carbons (Fsp3) is 0.286. The summed E-state index contributed by atoms with van der Waals surface area (Å²) in [4.78, 5) is 41.3. The molecule has 2 aromatic heterocycles. The van der Waals surface area contributed by atoms with E-state index in [-0.39, 0.29) is 28.2 Å². The first kappa shape index (κ1) is 27.3. The summed E-state index contributed by atoms with van der Waals surface area (Å²) in [6.07, 6.45) is -0.0270. The van der Waals surface area contributed by atoms with Crippen molar-refractivity contribution in [1.82, 2.24) is 24.9 Å². The Bertz CT molecular complexity index is 1600. The number of rotatable bonds is 6. The Hall–Kier alpha value is -4.29. The number of pyridine rings is 1. The molecule has 40 heavy (non-hydrogen) atoms. The Morgan fingerprint density at radius 1 is 1.10 bits per heavy atom. The number of carbonyl (C=O) groups excluding carboxylic acids is 1. The van der Waals surface area contributed by atoms with Gasteiger partial charge in [0.25, 0.3) is 5.91 Å². The lowest BCUT2D eigenvalue weighted by molar-refractivity contribution is -0.137. The van der Waals surface area contributed by atoms with Gasteiger partial charge in [-0.1, -0.05) is 18.2 Å². The number of nitrogens with one attached hydrogen (secondary N) is 2. The van der Waals surface area contributed by atoms with Crippen LogP contribution >= 0.6 is 0 Å². The average Bonchev–Trinajstić information content (AvgIpc) is 2.94. The lowest BCUT2D eigenvalue weighted by atomic mass is 9.89. The van der Waals surface area contributed by atoms with E-state index in [0.29, 0.717) is 11.6 Å². The zero-order valence-electron chi connectivity index (χ0n) is 21.8. The Balaban J connectivity index is 1.54. The van der Waals surface area contributed by atoms with Crippen molar-refractivity contribution in [3.63, 3.8) is 0 Å². The molecule has 1 amide bonds. The molecule has 0 unspecified atom stereocenters. The van der Waals surface area contributed by atoms with Crippen molar-refractivity contribution in [3.8, 4) is 5.69 Å². The first-order valence-corrected chi connectivity index (χ1v) is 12.6. The summed E-state index contributed by atoms with van der Waals surface area (Å²) < 4.78 is 41.6. The van der Waals surface area contributed by atoms with E-state index < -0.39 is 23.1 Å². The van der Waals surface area contributed by atoms with Gasteiger partial charge in [0.15, 0.2) is 5.65 Å². The van der Waals surface area contributed by atoms with Gasteiger partial charge in [0.2, 0.25) is 11.4 Å². The molecule has 12 heteroatoms. The summed E-state index contributed by atoms with van der Waals surface area (Å²) in [7, 11) is 3.32. The van der Waals surface area contributed by atoms with Crippen LogP contribution < -0.4 is 16.2 Å². The maximum atomic E-state index is 13.5. The zero-order chi connectivity index (χ0) is 28.4. The second-order valence-corrected chi connectivity index (χ2v) is 9.68. The molecule has 4 aromatic rings. The standard InChI is InChI=1S/C28H27F3N6O3/c1-36-12-10-18(11-13-36)17-6-8-20(9-7-17)33-27-32-15-22-24(38)23(26(39)35-40-2)16-37(25(22)34-27)21-5-3-4-19(14-21)28(29,30)31/h3-9,14-16,18H,10-13H2,1-2H3,(H,35,39)(H,32,33,34). The average molecular weight is 553 g/mol. The predicted molar refractivity (Wildman–Crippen MR) is 144 cm³/mol. The minimum absolute atomic E-state index is 0.0266. The van der Waals surface area contributed by atoms with E-state index in [1.807, 2.05) is 12.1 Å². The van der Waals surface area contributed by atoms with Crippen LogP contribution in [0, 0.1) is 0 Å². The molecule has 0 spiro atoms. The van der Waals surface area contributed by atoms with Crippen LogP contribution in [0.25, 0.3) is 16.7 Å². The van der Waals surface area contributed by atoms with Crippen molar-refractivity contribution in [2.75, 3.05) is 32.6 Å². The number of aromatic nitrogens is 3.